The molecule has 4 rings (SSSR count). The third-order valence-electron chi connectivity index (χ3n) is 5.27. The van der Waals surface area contributed by atoms with Crippen LogP contribution in [0, 0.1) is 0 Å². The third-order valence-corrected chi connectivity index (χ3v) is 6.29. The number of ketones is 1. The fourth-order valence-corrected chi connectivity index (χ4v) is 4.63. The van der Waals surface area contributed by atoms with Gasteiger partial charge >= 0.3 is 0 Å². The highest BCUT2D eigenvalue weighted by molar-refractivity contribution is 7.18. The normalized spacial score (nSPS) is 10.8. The summed E-state index contributed by atoms with van der Waals surface area (Å²) in [4.78, 5) is 29.3. The molecule has 4 aromatic rings. The number of nitrogens with one attached hydrogen (secondary N) is 1. The average Bonchev–Trinajstić information content (AvgIpc) is 3.25. The summed E-state index contributed by atoms with van der Waals surface area (Å²) in [6, 6.07) is 21.4. The highest BCUT2D eigenvalue weighted by Crippen LogP contribution is 2.36. The van der Waals surface area contributed by atoms with Gasteiger partial charge in [-0.05, 0) is 36.2 Å². The SMILES string of the molecule is CCOc1ccc(CC(=O)CNC(=O)Cc2nc3cc(OC)c(-c4ccccc4)cc3s2)cc1. The first-order valence-electron chi connectivity index (χ1n) is 11.1. The van der Waals surface area contributed by atoms with E-state index in [4.69, 9.17) is 9.47 Å². The van der Waals surface area contributed by atoms with Crippen molar-refractivity contribution in [1.82, 2.24) is 10.3 Å². The average molecular weight is 475 g/mol. The van der Waals surface area contributed by atoms with Gasteiger partial charge in [-0.2, -0.15) is 0 Å². The van der Waals surface area contributed by atoms with Crippen molar-refractivity contribution in [3.05, 3.63) is 77.3 Å². The molecule has 0 unspecified atom stereocenters. The number of ether oxygens (including phenoxy) is 2. The molecule has 0 atom stereocenters. The number of carbonyl (C=O) groups is 2. The summed E-state index contributed by atoms with van der Waals surface area (Å²) in [7, 11) is 1.64. The molecule has 0 aliphatic heterocycles. The van der Waals surface area contributed by atoms with Crippen LogP contribution in [0.1, 0.15) is 17.5 Å². The van der Waals surface area contributed by atoms with Crippen molar-refractivity contribution in [2.75, 3.05) is 20.3 Å². The van der Waals surface area contributed by atoms with Gasteiger partial charge in [-0.3, -0.25) is 9.59 Å². The quantitative estimate of drug-likeness (QED) is 0.356. The Bertz CT molecular complexity index is 1280. The number of carbonyl (C=O) groups excluding carboxylic acids is 2. The molecule has 0 aliphatic rings. The second-order valence-corrected chi connectivity index (χ2v) is 8.85. The van der Waals surface area contributed by atoms with Gasteiger partial charge in [0.25, 0.3) is 0 Å². The van der Waals surface area contributed by atoms with E-state index in [-0.39, 0.29) is 31.1 Å². The van der Waals surface area contributed by atoms with Gasteiger partial charge in [0.1, 0.15) is 16.5 Å². The van der Waals surface area contributed by atoms with E-state index < -0.39 is 0 Å². The van der Waals surface area contributed by atoms with Gasteiger partial charge in [0.2, 0.25) is 5.91 Å². The van der Waals surface area contributed by atoms with Crippen molar-refractivity contribution >= 4 is 33.2 Å². The molecule has 6 nitrogen and oxygen atoms in total. The van der Waals surface area contributed by atoms with Crippen LogP contribution in [0.3, 0.4) is 0 Å². The molecule has 0 radical (unpaired) electrons. The molecule has 0 fully saturated rings. The number of fused-ring (bicyclic) bond motifs is 1. The number of amides is 1. The molecule has 1 heterocycles. The van der Waals surface area contributed by atoms with E-state index in [0.29, 0.717) is 11.6 Å². The van der Waals surface area contributed by atoms with Gasteiger partial charge in [0, 0.05) is 18.1 Å². The zero-order chi connectivity index (χ0) is 23.9. The summed E-state index contributed by atoms with van der Waals surface area (Å²) >= 11 is 1.47. The van der Waals surface area contributed by atoms with Crippen LogP contribution < -0.4 is 14.8 Å². The Balaban J connectivity index is 1.36. The zero-order valence-electron chi connectivity index (χ0n) is 19.2. The second-order valence-electron chi connectivity index (χ2n) is 7.74. The van der Waals surface area contributed by atoms with E-state index in [2.05, 4.69) is 10.3 Å². The Hall–Kier alpha value is -3.71. The lowest BCUT2D eigenvalue weighted by Crippen LogP contribution is -2.31. The minimum Gasteiger partial charge on any atom is -0.496 e. The molecule has 0 saturated heterocycles. The molecule has 7 heteroatoms. The maximum atomic E-state index is 12.4. The number of hydrogen-bond acceptors (Lipinski definition) is 6. The molecule has 0 aliphatic carbocycles. The van der Waals surface area contributed by atoms with Crippen molar-refractivity contribution in [1.29, 1.82) is 0 Å². The molecule has 1 N–H and O–H groups in total. The van der Waals surface area contributed by atoms with E-state index in [1.54, 1.807) is 7.11 Å². The molecule has 1 amide bonds. The van der Waals surface area contributed by atoms with Crippen LogP contribution in [-0.2, 0) is 22.4 Å². The standard InChI is InChI=1S/C27H26N2O4S/c1-3-33-21-11-9-18(10-12-21)13-20(30)17-28-26(31)16-27-29-23-15-24(32-2)22(14-25(23)34-27)19-7-5-4-6-8-19/h4-12,14-15H,3,13,16-17H2,1-2H3,(H,28,31). The number of nitrogens with zero attached hydrogens (tertiary/aromatic N) is 1. The number of hydrogen-bond donors (Lipinski definition) is 1. The van der Waals surface area contributed by atoms with Crippen molar-refractivity contribution in [2.45, 2.75) is 19.8 Å². The first kappa shape index (κ1) is 23.4. The summed E-state index contributed by atoms with van der Waals surface area (Å²) in [5, 5.41) is 3.41. The second kappa shape index (κ2) is 10.9. The Morgan fingerprint density at radius 1 is 1.00 bits per heavy atom. The van der Waals surface area contributed by atoms with E-state index in [1.165, 1.54) is 11.3 Å². The topological polar surface area (TPSA) is 77.5 Å². The molecule has 34 heavy (non-hydrogen) atoms. The van der Waals surface area contributed by atoms with Crippen LogP contribution in [0.2, 0.25) is 0 Å². The van der Waals surface area contributed by atoms with E-state index in [0.717, 1.165) is 38.4 Å². The van der Waals surface area contributed by atoms with Gasteiger partial charge in [-0.15, -0.1) is 11.3 Å². The predicted molar refractivity (Wildman–Crippen MR) is 135 cm³/mol. The third kappa shape index (κ3) is 5.80. The van der Waals surface area contributed by atoms with E-state index in [1.807, 2.05) is 73.7 Å². The molecular formula is C27H26N2O4S. The minimum atomic E-state index is -0.227. The maximum Gasteiger partial charge on any atom is 0.227 e. The van der Waals surface area contributed by atoms with Gasteiger partial charge in [-0.25, -0.2) is 4.98 Å². The first-order chi connectivity index (χ1) is 16.6. The van der Waals surface area contributed by atoms with E-state index >= 15 is 0 Å². The first-order valence-corrected chi connectivity index (χ1v) is 11.9. The Labute approximate surface area is 202 Å². The number of methoxy groups -OCH3 is 1. The van der Waals surface area contributed by atoms with Gasteiger partial charge < -0.3 is 14.8 Å². The molecule has 0 bridgehead atoms. The molecule has 0 saturated carbocycles. The van der Waals surface area contributed by atoms with E-state index in [9.17, 15) is 9.59 Å². The molecule has 174 valence electrons. The minimum absolute atomic E-state index is 0.0110. The van der Waals surface area contributed by atoms with Crippen LogP contribution in [0.25, 0.3) is 21.3 Å². The fourth-order valence-electron chi connectivity index (χ4n) is 3.65. The van der Waals surface area contributed by atoms with Crippen molar-refractivity contribution in [3.8, 4) is 22.6 Å². The van der Waals surface area contributed by atoms with Gasteiger partial charge in [-0.1, -0.05) is 42.5 Å². The number of benzene rings is 3. The molecular weight excluding hydrogens is 448 g/mol. The smallest absolute Gasteiger partial charge is 0.227 e. The summed E-state index contributed by atoms with van der Waals surface area (Å²) in [6.07, 6.45) is 0.383. The molecule has 0 spiro atoms. The molecule has 3 aromatic carbocycles. The summed E-state index contributed by atoms with van der Waals surface area (Å²) in [6.45, 7) is 2.51. The van der Waals surface area contributed by atoms with Crippen LogP contribution in [0.15, 0.2) is 66.7 Å². The fraction of sp³-hybridized carbons (Fsp3) is 0.222. The number of aromatic nitrogens is 1. The monoisotopic (exact) mass is 474 g/mol. The van der Waals surface area contributed by atoms with Crippen LogP contribution in [0.5, 0.6) is 11.5 Å². The van der Waals surface area contributed by atoms with Crippen LogP contribution >= 0.6 is 11.3 Å². The van der Waals surface area contributed by atoms with Gasteiger partial charge in [0.15, 0.2) is 5.78 Å². The summed E-state index contributed by atoms with van der Waals surface area (Å²) in [5.41, 5.74) is 3.71. The van der Waals surface area contributed by atoms with Crippen molar-refractivity contribution < 1.29 is 19.1 Å². The largest absolute Gasteiger partial charge is 0.496 e. The van der Waals surface area contributed by atoms with Crippen molar-refractivity contribution in [2.24, 2.45) is 0 Å². The Morgan fingerprint density at radius 2 is 1.76 bits per heavy atom. The molecule has 1 aromatic heterocycles. The highest BCUT2D eigenvalue weighted by atomic mass is 32.1. The summed E-state index contributed by atoms with van der Waals surface area (Å²) in [5.74, 6) is 1.23. The zero-order valence-corrected chi connectivity index (χ0v) is 20.0. The number of thiazole rings is 1. The van der Waals surface area contributed by atoms with Gasteiger partial charge in [0.05, 0.1) is 36.9 Å². The lowest BCUT2D eigenvalue weighted by atomic mass is 10.0. The maximum absolute atomic E-state index is 12.4. The number of rotatable bonds is 10. The Morgan fingerprint density at radius 3 is 2.47 bits per heavy atom. The van der Waals surface area contributed by atoms with Crippen LogP contribution in [-0.4, -0.2) is 36.9 Å². The van der Waals surface area contributed by atoms with Crippen LogP contribution in [0.4, 0.5) is 0 Å². The predicted octanol–water partition coefficient (Wildman–Crippen LogP) is 4.84. The van der Waals surface area contributed by atoms with Crippen molar-refractivity contribution in [3.63, 3.8) is 0 Å². The summed E-state index contributed by atoms with van der Waals surface area (Å²) < 4.78 is 12.0. The highest BCUT2D eigenvalue weighted by Gasteiger charge is 2.14. The lowest BCUT2D eigenvalue weighted by molar-refractivity contribution is -0.124. The number of Topliss-reactive ketones (excluding diaryl/α,β-unsaturated/α-hetero) is 1. The Kier molecular flexibility index (Phi) is 7.54. The lowest BCUT2D eigenvalue weighted by Gasteiger charge is -2.08.